The van der Waals surface area contributed by atoms with Gasteiger partial charge in [-0.15, -0.1) is 0 Å². The number of amides is 1. The highest BCUT2D eigenvalue weighted by atomic mass is 16.5. The number of fused-ring (bicyclic) bond motifs is 1. The molecule has 2 aliphatic carbocycles. The Kier molecular flexibility index (Phi) is 5.29. The molecular weight excluding hydrogens is 338 g/mol. The van der Waals surface area contributed by atoms with E-state index in [1.807, 2.05) is 18.2 Å². The summed E-state index contributed by atoms with van der Waals surface area (Å²) in [6.07, 6.45) is 5.70. The second kappa shape index (κ2) is 7.21. The van der Waals surface area contributed by atoms with Gasteiger partial charge in [-0.25, -0.2) is 0 Å². The van der Waals surface area contributed by atoms with Crippen molar-refractivity contribution >= 4 is 11.6 Å². The Balaban J connectivity index is 1.93. The summed E-state index contributed by atoms with van der Waals surface area (Å²) in [5.41, 5.74) is 3.15. The van der Waals surface area contributed by atoms with Gasteiger partial charge in [0.1, 0.15) is 11.5 Å². The summed E-state index contributed by atoms with van der Waals surface area (Å²) in [5.74, 6) is 1.90. The van der Waals surface area contributed by atoms with Crippen molar-refractivity contribution < 1.29 is 14.3 Å². The Morgan fingerprint density at radius 1 is 1.07 bits per heavy atom. The summed E-state index contributed by atoms with van der Waals surface area (Å²) in [7, 11) is 3.23. The summed E-state index contributed by atoms with van der Waals surface area (Å²) in [5, 5.41) is 3.12. The molecule has 1 saturated carbocycles. The summed E-state index contributed by atoms with van der Waals surface area (Å²) >= 11 is 0. The molecule has 0 aromatic heterocycles. The zero-order valence-electron chi connectivity index (χ0n) is 17.6. The van der Waals surface area contributed by atoms with Crippen molar-refractivity contribution in [1.82, 2.24) is 0 Å². The number of ether oxygens (including phenoxy) is 2. The highest BCUT2D eigenvalue weighted by Crippen LogP contribution is 2.59. The SMILES string of the molecule is COc1cc(NC(=O)C2=C(C)CCC3C(C)(C)CCCC23C)cc(OC)c1. The van der Waals surface area contributed by atoms with Gasteiger partial charge in [0.25, 0.3) is 5.91 Å². The van der Waals surface area contributed by atoms with E-state index in [-0.39, 0.29) is 16.7 Å². The molecule has 3 rings (SSSR count). The molecule has 0 saturated heterocycles. The van der Waals surface area contributed by atoms with Crippen molar-refractivity contribution in [2.24, 2.45) is 16.7 Å². The Morgan fingerprint density at radius 3 is 2.30 bits per heavy atom. The van der Waals surface area contributed by atoms with Crippen LogP contribution in [0, 0.1) is 16.7 Å². The van der Waals surface area contributed by atoms with Crippen molar-refractivity contribution in [1.29, 1.82) is 0 Å². The van der Waals surface area contributed by atoms with Crippen LogP contribution in [0.1, 0.15) is 59.8 Å². The van der Waals surface area contributed by atoms with Gasteiger partial charge in [0.15, 0.2) is 0 Å². The van der Waals surface area contributed by atoms with E-state index in [9.17, 15) is 4.79 Å². The minimum atomic E-state index is -0.0584. The van der Waals surface area contributed by atoms with E-state index in [4.69, 9.17) is 9.47 Å². The monoisotopic (exact) mass is 371 g/mol. The zero-order valence-corrected chi connectivity index (χ0v) is 17.6. The van der Waals surface area contributed by atoms with Crippen LogP contribution in [0.3, 0.4) is 0 Å². The van der Waals surface area contributed by atoms with Crippen LogP contribution in [0.5, 0.6) is 11.5 Å². The van der Waals surface area contributed by atoms with Crippen LogP contribution in [-0.2, 0) is 4.79 Å². The quantitative estimate of drug-likeness (QED) is 0.751. The number of hydrogen-bond donors (Lipinski definition) is 1. The first-order valence-corrected chi connectivity index (χ1v) is 9.96. The third-order valence-electron chi connectivity index (χ3n) is 6.87. The van der Waals surface area contributed by atoms with Gasteiger partial charge >= 0.3 is 0 Å². The van der Waals surface area contributed by atoms with E-state index < -0.39 is 0 Å². The molecular formula is C23H33NO3. The predicted molar refractivity (Wildman–Crippen MR) is 109 cm³/mol. The molecule has 0 radical (unpaired) electrons. The fraction of sp³-hybridized carbons (Fsp3) is 0.609. The summed E-state index contributed by atoms with van der Waals surface area (Å²) < 4.78 is 10.7. The summed E-state index contributed by atoms with van der Waals surface area (Å²) in [6, 6.07) is 5.48. The molecule has 4 heteroatoms. The van der Waals surface area contributed by atoms with Crippen molar-refractivity contribution in [2.45, 2.75) is 59.8 Å². The third-order valence-corrected chi connectivity index (χ3v) is 6.87. The van der Waals surface area contributed by atoms with Crippen LogP contribution in [0.4, 0.5) is 5.69 Å². The highest BCUT2D eigenvalue weighted by Gasteiger charge is 2.51. The second-order valence-corrected chi connectivity index (χ2v) is 9.06. The topological polar surface area (TPSA) is 47.6 Å². The lowest BCUT2D eigenvalue weighted by Gasteiger charge is -2.54. The third kappa shape index (κ3) is 3.59. The maximum Gasteiger partial charge on any atom is 0.252 e. The number of nitrogens with one attached hydrogen (secondary N) is 1. The largest absolute Gasteiger partial charge is 0.497 e. The Bertz CT molecular complexity index is 743. The summed E-state index contributed by atoms with van der Waals surface area (Å²) in [4.78, 5) is 13.4. The summed E-state index contributed by atoms with van der Waals surface area (Å²) in [6.45, 7) is 9.18. The van der Waals surface area contributed by atoms with Crippen molar-refractivity contribution in [3.63, 3.8) is 0 Å². The van der Waals surface area contributed by atoms with Gasteiger partial charge in [0.2, 0.25) is 0 Å². The minimum Gasteiger partial charge on any atom is -0.497 e. The van der Waals surface area contributed by atoms with Gasteiger partial charge in [0.05, 0.1) is 14.2 Å². The maximum absolute atomic E-state index is 13.4. The van der Waals surface area contributed by atoms with E-state index in [1.165, 1.54) is 24.8 Å². The number of carbonyl (C=O) groups excluding carboxylic acids is 1. The lowest BCUT2D eigenvalue weighted by molar-refractivity contribution is -0.115. The van der Waals surface area contributed by atoms with E-state index in [2.05, 4.69) is 33.0 Å². The molecule has 0 bridgehead atoms. The number of hydrogen-bond acceptors (Lipinski definition) is 3. The van der Waals surface area contributed by atoms with Crippen LogP contribution >= 0.6 is 0 Å². The molecule has 1 aromatic rings. The predicted octanol–water partition coefficient (Wildman–Crippen LogP) is 5.59. The van der Waals surface area contributed by atoms with Gasteiger partial charge in [-0.1, -0.05) is 32.8 Å². The molecule has 1 amide bonds. The van der Waals surface area contributed by atoms with E-state index in [1.54, 1.807) is 14.2 Å². The lowest BCUT2D eigenvalue weighted by Crippen LogP contribution is -2.47. The zero-order chi connectivity index (χ0) is 19.8. The molecule has 148 valence electrons. The number of rotatable bonds is 4. The maximum atomic E-state index is 13.4. The molecule has 1 N–H and O–H groups in total. The van der Waals surface area contributed by atoms with E-state index in [0.29, 0.717) is 23.1 Å². The number of allylic oxidation sites excluding steroid dienone is 1. The first-order chi connectivity index (χ1) is 12.7. The smallest absolute Gasteiger partial charge is 0.252 e. The van der Waals surface area contributed by atoms with Gasteiger partial charge in [-0.05, 0) is 43.9 Å². The normalized spacial score (nSPS) is 27.0. The molecule has 0 heterocycles. The van der Waals surface area contributed by atoms with Crippen molar-refractivity contribution in [3.8, 4) is 11.5 Å². The lowest BCUT2D eigenvalue weighted by atomic mass is 9.50. The van der Waals surface area contributed by atoms with Crippen LogP contribution in [0.2, 0.25) is 0 Å². The molecule has 1 fully saturated rings. The number of anilines is 1. The van der Waals surface area contributed by atoms with Crippen LogP contribution in [0.25, 0.3) is 0 Å². The van der Waals surface area contributed by atoms with Crippen LogP contribution in [0.15, 0.2) is 29.3 Å². The second-order valence-electron chi connectivity index (χ2n) is 9.06. The van der Waals surface area contributed by atoms with E-state index >= 15 is 0 Å². The van der Waals surface area contributed by atoms with Gasteiger partial charge < -0.3 is 14.8 Å². The molecule has 0 spiro atoms. The van der Waals surface area contributed by atoms with Crippen molar-refractivity contribution in [3.05, 3.63) is 29.3 Å². The number of carbonyl (C=O) groups is 1. The molecule has 1 aromatic carbocycles. The minimum absolute atomic E-state index is 0.0210. The molecule has 2 unspecified atom stereocenters. The average Bonchev–Trinajstić information content (AvgIpc) is 2.59. The standard InChI is InChI=1S/C23H33NO3/c1-15-8-9-19-22(2,3)10-7-11-23(19,4)20(15)21(25)24-16-12-17(26-5)14-18(13-16)27-6/h12-14,19H,7-11H2,1-6H3,(H,24,25). The fourth-order valence-corrected chi connectivity index (χ4v) is 5.63. The average molecular weight is 372 g/mol. The molecule has 2 atom stereocenters. The molecule has 4 nitrogen and oxygen atoms in total. The van der Waals surface area contributed by atoms with Crippen LogP contribution in [-0.4, -0.2) is 20.1 Å². The van der Waals surface area contributed by atoms with Gasteiger partial charge in [0, 0.05) is 34.9 Å². The molecule has 0 aliphatic heterocycles. The molecule has 2 aliphatic rings. The highest BCUT2D eigenvalue weighted by molar-refractivity contribution is 6.05. The molecule has 27 heavy (non-hydrogen) atoms. The Morgan fingerprint density at radius 2 is 1.70 bits per heavy atom. The Labute approximate surface area is 163 Å². The van der Waals surface area contributed by atoms with Gasteiger partial charge in [-0.3, -0.25) is 4.79 Å². The van der Waals surface area contributed by atoms with E-state index in [0.717, 1.165) is 18.4 Å². The number of benzene rings is 1. The Hall–Kier alpha value is -1.97. The van der Waals surface area contributed by atoms with Gasteiger partial charge in [-0.2, -0.15) is 0 Å². The fourth-order valence-electron chi connectivity index (χ4n) is 5.63. The number of methoxy groups -OCH3 is 2. The van der Waals surface area contributed by atoms with Crippen LogP contribution < -0.4 is 14.8 Å². The first kappa shape index (κ1) is 19.8. The first-order valence-electron chi connectivity index (χ1n) is 9.96. The van der Waals surface area contributed by atoms with Crippen molar-refractivity contribution in [2.75, 3.05) is 19.5 Å².